The summed E-state index contributed by atoms with van der Waals surface area (Å²) in [5.41, 5.74) is 0.999. The molecule has 1 N–H and O–H groups in total. The van der Waals surface area contributed by atoms with E-state index in [4.69, 9.17) is 18.9 Å². The second kappa shape index (κ2) is 13.9. The fourth-order valence-electron chi connectivity index (χ4n) is 1.92. The van der Waals surface area contributed by atoms with E-state index in [1.54, 1.807) is 12.1 Å². The molecule has 0 aliphatic carbocycles. The highest BCUT2D eigenvalue weighted by atomic mass is 16.6. The standard InChI is InChI=1S/C20H25NO7/c1-3-18(22)26-12-5-11-21-20(24)28-15-14-25-17-8-6-16(7-9-17)10-13-27-19(23)4-2/h3-4,6-9H,1-2,5,10-15H2,(H,21,24). The highest BCUT2D eigenvalue weighted by molar-refractivity contribution is 5.81. The van der Waals surface area contributed by atoms with Gasteiger partial charge >= 0.3 is 18.0 Å². The van der Waals surface area contributed by atoms with Gasteiger partial charge < -0.3 is 24.3 Å². The molecular formula is C20H25NO7. The van der Waals surface area contributed by atoms with Crippen LogP contribution in [-0.4, -0.2) is 51.0 Å². The van der Waals surface area contributed by atoms with Gasteiger partial charge in [-0.3, -0.25) is 0 Å². The minimum absolute atomic E-state index is 0.0938. The highest BCUT2D eigenvalue weighted by Crippen LogP contribution is 2.12. The van der Waals surface area contributed by atoms with Crippen LogP contribution in [0.5, 0.6) is 5.75 Å². The lowest BCUT2D eigenvalue weighted by molar-refractivity contribution is -0.138. The fraction of sp³-hybridized carbons (Fsp3) is 0.350. The molecule has 0 aliphatic rings. The minimum atomic E-state index is -0.567. The summed E-state index contributed by atoms with van der Waals surface area (Å²) in [6.07, 6.45) is 2.71. The maximum atomic E-state index is 11.5. The van der Waals surface area contributed by atoms with E-state index in [1.807, 2.05) is 12.1 Å². The first-order chi connectivity index (χ1) is 13.5. The molecule has 28 heavy (non-hydrogen) atoms. The summed E-state index contributed by atoms with van der Waals surface area (Å²) in [6.45, 7) is 7.72. The van der Waals surface area contributed by atoms with E-state index in [2.05, 4.69) is 18.5 Å². The fourth-order valence-corrected chi connectivity index (χ4v) is 1.92. The van der Waals surface area contributed by atoms with Gasteiger partial charge in [0.15, 0.2) is 0 Å². The van der Waals surface area contributed by atoms with Crippen molar-refractivity contribution in [1.82, 2.24) is 5.32 Å². The molecule has 0 spiro atoms. The number of esters is 2. The van der Waals surface area contributed by atoms with Gasteiger partial charge in [-0.1, -0.05) is 25.3 Å². The van der Waals surface area contributed by atoms with Gasteiger partial charge in [0.25, 0.3) is 0 Å². The van der Waals surface area contributed by atoms with Crippen molar-refractivity contribution in [3.8, 4) is 5.75 Å². The molecule has 0 aliphatic heterocycles. The van der Waals surface area contributed by atoms with Gasteiger partial charge in [-0.05, 0) is 24.1 Å². The Morgan fingerprint density at radius 2 is 1.50 bits per heavy atom. The van der Waals surface area contributed by atoms with Crippen molar-refractivity contribution in [2.75, 3.05) is 33.0 Å². The van der Waals surface area contributed by atoms with Crippen LogP contribution in [0.1, 0.15) is 12.0 Å². The third-order valence-electron chi connectivity index (χ3n) is 3.31. The molecule has 1 amide bonds. The molecule has 0 unspecified atom stereocenters. The summed E-state index contributed by atoms with van der Waals surface area (Å²) in [5, 5.41) is 2.54. The van der Waals surface area contributed by atoms with Crippen molar-refractivity contribution < 1.29 is 33.3 Å². The Hall–Kier alpha value is -3.29. The lowest BCUT2D eigenvalue weighted by atomic mass is 10.1. The Bertz CT molecular complexity index is 655. The molecule has 0 atom stereocenters. The molecule has 1 aromatic carbocycles. The number of alkyl carbamates (subject to hydrolysis) is 1. The van der Waals surface area contributed by atoms with Crippen molar-refractivity contribution in [2.45, 2.75) is 12.8 Å². The van der Waals surface area contributed by atoms with Gasteiger partial charge in [0.1, 0.15) is 19.0 Å². The van der Waals surface area contributed by atoms with Crippen molar-refractivity contribution in [1.29, 1.82) is 0 Å². The molecular weight excluding hydrogens is 366 g/mol. The monoisotopic (exact) mass is 391 g/mol. The number of rotatable bonds is 13. The topological polar surface area (TPSA) is 100 Å². The summed E-state index contributed by atoms with van der Waals surface area (Å²) in [5.74, 6) is -0.302. The average Bonchev–Trinajstić information content (AvgIpc) is 2.71. The third kappa shape index (κ3) is 10.6. The van der Waals surface area contributed by atoms with Crippen molar-refractivity contribution in [3.63, 3.8) is 0 Å². The lowest BCUT2D eigenvalue weighted by Gasteiger charge is -2.09. The number of ether oxygens (including phenoxy) is 4. The molecule has 152 valence electrons. The molecule has 0 saturated carbocycles. The highest BCUT2D eigenvalue weighted by Gasteiger charge is 2.03. The van der Waals surface area contributed by atoms with E-state index in [1.165, 1.54) is 0 Å². The van der Waals surface area contributed by atoms with E-state index in [-0.39, 0.29) is 26.4 Å². The van der Waals surface area contributed by atoms with Crippen LogP contribution in [0, 0.1) is 0 Å². The largest absolute Gasteiger partial charge is 0.490 e. The number of benzene rings is 1. The number of nitrogens with one attached hydrogen (secondary N) is 1. The first-order valence-corrected chi connectivity index (χ1v) is 8.76. The second-order valence-corrected chi connectivity index (χ2v) is 5.40. The normalized spacial score (nSPS) is 9.71. The van der Waals surface area contributed by atoms with Crippen LogP contribution in [0.2, 0.25) is 0 Å². The van der Waals surface area contributed by atoms with Crippen LogP contribution in [0.4, 0.5) is 4.79 Å². The van der Waals surface area contributed by atoms with Crippen LogP contribution in [0.3, 0.4) is 0 Å². The van der Waals surface area contributed by atoms with Crippen LogP contribution in [-0.2, 0) is 30.2 Å². The van der Waals surface area contributed by atoms with E-state index in [9.17, 15) is 14.4 Å². The zero-order chi connectivity index (χ0) is 20.6. The van der Waals surface area contributed by atoms with Gasteiger partial charge in [0.2, 0.25) is 0 Å². The van der Waals surface area contributed by atoms with Crippen molar-refractivity contribution in [2.24, 2.45) is 0 Å². The van der Waals surface area contributed by atoms with Gasteiger partial charge in [-0.2, -0.15) is 0 Å². The average molecular weight is 391 g/mol. The van der Waals surface area contributed by atoms with Crippen LogP contribution < -0.4 is 10.1 Å². The van der Waals surface area contributed by atoms with Crippen LogP contribution >= 0.6 is 0 Å². The predicted octanol–water partition coefficient (Wildman–Crippen LogP) is 2.18. The quantitative estimate of drug-likeness (QED) is 0.238. The maximum absolute atomic E-state index is 11.5. The Labute approximate surface area is 164 Å². The van der Waals surface area contributed by atoms with E-state index < -0.39 is 18.0 Å². The van der Waals surface area contributed by atoms with Crippen molar-refractivity contribution in [3.05, 3.63) is 55.1 Å². The first-order valence-electron chi connectivity index (χ1n) is 8.76. The first kappa shape index (κ1) is 22.8. The number of amides is 1. The van der Waals surface area contributed by atoms with Gasteiger partial charge in [0, 0.05) is 25.1 Å². The smallest absolute Gasteiger partial charge is 0.407 e. The summed E-state index contributed by atoms with van der Waals surface area (Å²) in [6, 6.07) is 7.30. The predicted molar refractivity (Wildman–Crippen MR) is 102 cm³/mol. The Morgan fingerprint density at radius 3 is 2.14 bits per heavy atom. The van der Waals surface area contributed by atoms with E-state index in [0.29, 0.717) is 25.1 Å². The van der Waals surface area contributed by atoms with Gasteiger partial charge in [-0.15, -0.1) is 0 Å². The molecule has 1 aromatic rings. The molecule has 0 saturated heterocycles. The van der Waals surface area contributed by atoms with E-state index >= 15 is 0 Å². The lowest BCUT2D eigenvalue weighted by Crippen LogP contribution is -2.27. The number of carbonyl (C=O) groups excluding carboxylic acids is 3. The minimum Gasteiger partial charge on any atom is -0.490 e. The number of hydrogen-bond donors (Lipinski definition) is 1. The Balaban J connectivity index is 2.09. The summed E-state index contributed by atoms with van der Waals surface area (Å²) in [4.78, 5) is 33.2. The molecule has 0 heterocycles. The van der Waals surface area contributed by atoms with Gasteiger partial charge in [0.05, 0.1) is 13.2 Å². The zero-order valence-corrected chi connectivity index (χ0v) is 15.7. The van der Waals surface area contributed by atoms with Crippen LogP contribution in [0.15, 0.2) is 49.6 Å². The number of hydrogen-bond acceptors (Lipinski definition) is 7. The molecule has 0 radical (unpaired) electrons. The van der Waals surface area contributed by atoms with Crippen molar-refractivity contribution >= 4 is 18.0 Å². The SMILES string of the molecule is C=CC(=O)OCCCNC(=O)OCCOc1ccc(CCOC(=O)C=C)cc1. The van der Waals surface area contributed by atoms with Gasteiger partial charge in [-0.25, -0.2) is 14.4 Å². The van der Waals surface area contributed by atoms with E-state index in [0.717, 1.165) is 17.7 Å². The maximum Gasteiger partial charge on any atom is 0.407 e. The molecule has 8 heteroatoms. The Kier molecular flexibility index (Phi) is 11.3. The summed E-state index contributed by atoms with van der Waals surface area (Å²) < 4.78 is 20.1. The summed E-state index contributed by atoms with van der Waals surface area (Å²) >= 11 is 0. The molecule has 0 aromatic heterocycles. The van der Waals surface area contributed by atoms with Crippen LogP contribution in [0.25, 0.3) is 0 Å². The number of carbonyl (C=O) groups is 3. The Morgan fingerprint density at radius 1 is 0.857 bits per heavy atom. The third-order valence-corrected chi connectivity index (χ3v) is 3.31. The second-order valence-electron chi connectivity index (χ2n) is 5.40. The molecule has 0 fully saturated rings. The molecule has 1 rings (SSSR count). The molecule has 0 bridgehead atoms. The summed E-state index contributed by atoms with van der Waals surface area (Å²) in [7, 11) is 0. The zero-order valence-electron chi connectivity index (χ0n) is 15.7. The molecule has 8 nitrogen and oxygen atoms in total.